The summed E-state index contributed by atoms with van der Waals surface area (Å²) < 4.78 is 6.56. The molecule has 0 aromatic heterocycles. The molecule has 0 aliphatic heterocycles. The van der Waals surface area contributed by atoms with E-state index in [1.165, 1.54) is 0 Å². The summed E-state index contributed by atoms with van der Waals surface area (Å²) in [6, 6.07) is 5.42. The van der Waals surface area contributed by atoms with Crippen LogP contribution in [0.25, 0.3) is 0 Å². The molecule has 2 N–H and O–H groups in total. The molecule has 0 spiro atoms. The van der Waals surface area contributed by atoms with E-state index in [0.29, 0.717) is 18.9 Å². The van der Waals surface area contributed by atoms with Gasteiger partial charge in [0.2, 0.25) is 0 Å². The first-order valence-corrected chi connectivity index (χ1v) is 6.56. The summed E-state index contributed by atoms with van der Waals surface area (Å²) in [6.45, 7) is 8.15. The summed E-state index contributed by atoms with van der Waals surface area (Å²) in [5.41, 5.74) is 0.697. The minimum absolute atomic E-state index is 0.184. The fourth-order valence-electron chi connectivity index (χ4n) is 1.64. The third-order valence-electron chi connectivity index (χ3n) is 2.44. The van der Waals surface area contributed by atoms with Crippen LogP contribution in [0.2, 0.25) is 0 Å². The molecule has 0 bridgehead atoms. The summed E-state index contributed by atoms with van der Waals surface area (Å²) >= 11 is 3.39. The lowest BCUT2D eigenvalue weighted by atomic mass is 10.1. The van der Waals surface area contributed by atoms with Gasteiger partial charge in [-0.25, -0.2) is 0 Å². The number of hydrogen-bond acceptors (Lipinski definition) is 3. The van der Waals surface area contributed by atoms with Gasteiger partial charge in [0, 0.05) is 29.7 Å². The van der Waals surface area contributed by atoms with Crippen molar-refractivity contribution < 1.29 is 9.84 Å². The van der Waals surface area contributed by atoms with Gasteiger partial charge in [-0.15, -0.1) is 0 Å². The van der Waals surface area contributed by atoms with Crippen LogP contribution in [0.15, 0.2) is 22.7 Å². The highest BCUT2D eigenvalue weighted by Gasteiger charge is 2.16. The van der Waals surface area contributed by atoms with Crippen LogP contribution < -0.4 is 5.32 Å². The average Bonchev–Trinajstić information content (AvgIpc) is 2.23. The molecular formula is C13H20BrNO2. The van der Waals surface area contributed by atoms with Gasteiger partial charge in [0.15, 0.2) is 0 Å². The van der Waals surface area contributed by atoms with Crippen molar-refractivity contribution in [3.05, 3.63) is 28.2 Å². The van der Waals surface area contributed by atoms with Gasteiger partial charge < -0.3 is 15.2 Å². The third kappa shape index (κ3) is 5.06. The van der Waals surface area contributed by atoms with E-state index in [1.54, 1.807) is 6.07 Å². The molecule has 1 aromatic rings. The van der Waals surface area contributed by atoms with Crippen LogP contribution >= 0.6 is 15.9 Å². The first-order valence-electron chi connectivity index (χ1n) is 5.76. The van der Waals surface area contributed by atoms with Crippen molar-refractivity contribution in [2.75, 3.05) is 13.2 Å². The van der Waals surface area contributed by atoms with E-state index in [4.69, 9.17) is 4.74 Å². The van der Waals surface area contributed by atoms with Gasteiger partial charge in [-0.05, 0) is 39.0 Å². The van der Waals surface area contributed by atoms with Gasteiger partial charge in [-0.3, -0.25) is 0 Å². The van der Waals surface area contributed by atoms with Crippen molar-refractivity contribution in [1.82, 2.24) is 5.32 Å². The van der Waals surface area contributed by atoms with E-state index in [-0.39, 0.29) is 5.60 Å². The van der Waals surface area contributed by atoms with Crippen molar-refractivity contribution in [2.24, 2.45) is 0 Å². The smallest absolute Gasteiger partial charge is 0.120 e. The van der Waals surface area contributed by atoms with Gasteiger partial charge >= 0.3 is 0 Å². The van der Waals surface area contributed by atoms with Crippen LogP contribution in [0.4, 0.5) is 0 Å². The topological polar surface area (TPSA) is 41.5 Å². The molecule has 17 heavy (non-hydrogen) atoms. The maximum atomic E-state index is 9.68. The first kappa shape index (κ1) is 14.5. The summed E-state index contributed by atoms with van der Waals surface area (Å²) in [7, 11) is 0. The molecule has 0 aliphatic rings. The molecule has 1 aromatic carbocycles. The molecule has 0 unspecified atom stereocenters. The Morgan fingerprint density at radius 3 is 2.76 bits per heavy atom. The van der Waals surface area contributed by atoms with Crippen molar-refractivity contribution >= 4 is 15.9 Å². The summed E-state index contributed by atoms with van der Waals surface area (Å²) in [5, 5.41) is 13.0. The standard InChI is InChI=1S/C13H20BrNO2/c1-4-17-13(2,3)9-15-8-10-7-11(14)5-6-12(10)16/h5-7,15-16H,4,8-9H2,1-3H3. The molecule has 96 valence electrons. The number of benzene rings is 1. The number of hydrogen-bond donors (Lipinski definition) is 2. The predicted molar refractivity (Wildman–Crippen MR) is 73.2 cm³/mol. The monoisotopic (exact) mass is 301 g/mol. The second kappa shape index (κ2) is 6.38. The Hall–Kier alpha value is -0.580. The van der Waals surface area contributed by atoms with Crippen LogP contribution in [0, 0.1) is 0 Å². The quantitative estimate of drug-likeness (QED) is 0.848. The highest BCUT2D eigenvalue weighted by Crippen LogP contribution is 2.21. The van der Waals surface area contributed by atoms with E-state index < -0.39 is 0 Å². The molecule has 3 nitrogen and oxygen atoms in total. The van der Waals surface area contributed by atoms with Crippen LogP contribution in [0.1, 0.15) is 26.3 Å². The molecule has 0 fully saturated rings. The molecule has 4 heteroatoms. The molecule has 0 atom stereocenters. The number of phenols is 1. The molecular weight excluding hydrogens is 282 g/mol. The number of aromatic hydroxyl groups is 1. The Labute approximate surface area is 111 Å². The Morgan fingerprint density at radius 2 is 2.12 bits per heavy atom. The van der Waals surface area contributed by atoms with E-state index in [0.717, 1.165) is 16.6 Å². The SMILES string of the molecule is CCOC(C)(C)CNCc1cc(Br)ccc1O. The lowest BCUT2D eigenvalue weighted by Gasteiger charge is -2.25. The second-order valence-electron chi connectivity index (χ2n) is 4.57. The van der Waals surface area contributed by atoms with E-state index in [2.05, 4.69) is 21.2 Å². The van der Waals surface area contributed by atoms with Crippen molar-refractivity contribution in [1.29, 1.82) is 0 Å². The zero-order valence-corrected chi connectivity index (χ0v) is 12.2. The van der Waals surface area contributed by atoms with Crippen LogP contribution in [-0.4, -0.2) is 23.9 Å². The molecule has 1 rings (SSSR count). The van der Waals surface area contributed by atoms with Crippen LogP contribution in [-0.2, 0) is 11.3 Å². The molecule has 0 amide bonds. The summed E-state index contributed by atoms with van der Waals surface area (Å²) in [5.74, 6) is 0.315. The highest BCUT2D eigenvalue weighted by atomic mass is 79.9. The van der Waals surface area contributed by atoms with E-state index in [9.17, 15) is 5.11 Å². The Balaban J connectivity index is 2.48. The van der Waals surface area contributed by atoms with Crippen molar-refractivity contribution in [3.8, 4) is 5.75 Å². The number of nitrogens with one attached hydrogen (secondary N) is 1. The lowest BCUT2D eigenvalue weighted by Crippen LogP contribution is -2.37. The van der Waals surface area contributed by atoms with Crippen LogP contribution in [0.5, 0.6) is 5.75 Å². The molecule has 0 heterocycles. The Bertz CT molecular complexity index is 366. The number of phenolic OH excluding ortho intramolecular Hbond substituents is 1. The lowest BCUT2D eigenvalue weighted by molar-refractivity contribution is -0.00900. The van der Waals surface area contributed by atoms with Gasteiger partial charge in [0.05, 0.1) is 5.60 Å². The molecule has 0 radical (unpaired) electrons. The summed E-state index contributed by atoms with van der Waals surface area (Å²) in [4.78, 5) is 0. The normalized spacial score (nSPS) is 11.8. The first-order chi connectivity index (χ1) is 7.94. The van der Waals surface area contributed by atoms with Gasteiger partial charge in [0.25, 0.3) is 0 Å². The van der Waals surface area contributed by atoms with Crippen molar-refractivity contribution in [2.45, 2.75) is 32.9 Å². The maximum Gasteiger partial charge on any atom is 0.120 e. The largest absolute Gasteiger partial charge is 0.508 e. The average molecular weight is 302 g/mol. The summed E-state index contributed by atoms with van der Waals surface area (Å²) in [6.07, 6.45) is 0. The number of ether oxygens (including phenoxy) is 1. The third-order valence-corrected chi connectivity index (χ3v) is 2.94. The zero-order valence-electron chi connectivity index (χ0n) is 10.6. The van der Waals surface area contributed by atoms with Crippen LogP contribution in [0.3, 0.4) is 0 Å². The fourth-order valence-corrected chi connectivity index (χ4v) is 2.04. The van der Waals surface area contributed by atoms with Gasteiger partial charge in [-0.1, -0.05) is 15.9 Å². The predicted octanol–water partition coefficient (Wildman–Crippen LogP) is 3.06. The minimum Gasteiger partial charge on any atom is -0.508 e. The fraction of sp³-hybridized carbons (Fsp3) is 0.538. The van der Waals surface area contributed by atoms with Crippen molar-refractivity contribution in [3.63, 3.8) is 0 Å². The van der Waals surface area contributed by atoms with Gasteiger partial charge in [0.1, 0.15) is 5.75 Å². The highest BCUT2D eigenvalue weighted by molar-refractivity contribution is 9.10. The molecule has 0 saturated heterocycles. The number of halogens is 1. The number of rotatable bonds is 6. The molecule has 0 saturated carbocycles. The minimum atomic E-state index is -0.184. The maximum absolute atomic E-state index is 9.68. The van der Waals surface area contributed by atoms with E-state index >= 15 is 0 Å². The Morgan fingerprint density at radius 1 is 1.41 bits per heavy atom. The van der Waals surface area contributed by atoms with Gasteiger partial charge in [-0.2, -0.15) is 0 Å². The zero-order chi connectivity index (χ0) is 12.9. The molecule has 0 aliphatic carbocycles. The second-order valence-corrected chi connectivity index (χ2v) is 5.48. The Kier molecular flexibility index (Phi) is 5.43. The van der Waals surface area contributed by atoms with E-state index in [1.807, 2.05) is 32.9 Å².